The number of hydrogen-bond donors (Lipinski definition) is 0. The van der Waals surface area contributed by atoms with Crippen LogP contribution in [0.1, 0.15) is 62.3 Å². The maximum Gasteiger partial charge on any atom is 0.0491 e. The van der Waals surface area contributed by atoms with Gasteiger partial charge < -0.3 is 4.90 Å². The number of hydrogen-bond acceptors (Lipinski definition) is 1. The van der Waals surface area contributed by atoms with Gasteiger partial charge in [0.2, 0.25) is 0 Å². The number of rotatable bonds is 5. The highest BCUT2D eigenvalue weighted by atomic mass is 15.2. The smallest absolute Gasteiger partial charge is 0.0491 e. The Hall–Kier alpha value is -2.02. The Bertz CT molecular complexity index is 832. The quantitative estimate of drug-likeness (QED) is 0.613. The van der Waals surface area contributed by atoms with E-state index in [-0.39, 0.29) is 0 Å². The molecule has 1 unspecified atom stereocenters. The lowest BCUT2D eigenvalue weighted by Gasteiger charge is -2.44. The summed E-state index contributed by atoms with van der Waals surface area (Å²) in [6.07, 6.45) is 13.9. The Morgan fingerprint density at radius 2 is 2.00 bits per heavy atom. The van der Waals surface area contributed by atoms with Gasteiger partial charge in [-0.15, -0.1) is 0 Å². The van der Waals surface area contributed by atoms with Crippen LogP contribution in [-0.2, 0) is 19.3 Å². The molecule has 0 saturated heterocycles. The molecule has 2 aliphatic heterocycles. The second kappa shape index (κ2) is 6.30. The second-order valence-corrected chi connectivity index (χ2v) is 8.51. The molecule has 1 aromatic rings. The summed E-state index contributed by atoms with van der Waals surface area (Å²) in [5.41, 5.74) is 10.0. The minimum absolute atomic E-state index is 0.437. The largest absolute Gasteiger partial charge is 0.343 e. The molecule has 1 fully saturated rings. The molecular formula is C25H31N. The molecule has 1 nitrogen and oxygen atoms in total. The van der Waals surface area contributed by atoms with E-state index >= 15 is 0 Å². The molecule has 0 spiro atoms. The molecule has 1 heteroatoms. The van der Waals surface area contributed by atoms with Crippen LogP contribution in [0.3, 0.4) is 0 Å². The predicted octanol–water partition coefficient (Wildman–Crippen LogP) is 6.21. The zero-order chi connectivity index (χ0) is 18.5. The van der Waals surface area contributed by atoms with Gasteiger partial charge in [-0.1, -0.05) is 52.5 Å². The van der Waals surface area contributed by atoms with Crippen LogP contribution in [0.5, 0.6) is 0 Å². The van der Waals surface area contributed by atoms with Gasteiger partial charge in [0.15, 0.2) is 0 Å². The van der Waals surface area contributed by atoms with Crippen molar-refractivity contribution >= 4 is 5.70 Å². The van der Waals surface area contributed by atoms with E-state index in [2.05, 4.69) is 63.2 Å². The van der Waals surface area contributed by atoms with Crippen molar-refractivity contribution < 1.29 is 0 Å². The fourth-order valence-electron chi connectivity index (χ4n) is 4.68. The molecule has 136 valence electrons. The summed E-state index contributed by atoms with van der Waals surface area (Å²) in [4.78, 5) is 2.54. The first-order chi connectivity index (χ1) is 12.5. The summed E-state index contributed by atoms with van der Waals surface area (Å²) in [5.74, 6) is 0. The number of allylic oxidation sites excluding steroid dienone is 4. The third kappa shape index (κ3) is 2.69. The van der Waals surface area contributed by atoms with E-state index in [0.717, 1.165) is 24.0 Å². The van der Waals surface area contributed by atoms with Crippen molar-refractivity contribution in [2.24, 2.45) is 5.41 Å². The summed E-state index contributed by atoms with van der Waals surface area (Å²) < 4.78 is 0. The van der Waals surface area contributed by atoms with Crippen LogP contribution < -0.4 is 0 Å². The van der Waals surface area contributed by atoms with E-state index < -0.39 is 0 Å². The van der Waals surface area contributed by atoms with Crippen molar-refractivity contribution in [2.45, 2.75) is 65.3 Å². The molecule has 1 aliphatic carbocycles. The van der Waals surface area contributed by atoms with Crippen LogP contribution in [0.25, 0.3) is 5.70 Å². The van der Waals surface area contributed by atoms with Gasteiger partial charge in [0.1, 0.15) is 0 Å². The molecular weight excluding hydrogens is 314 g/mol. The average molecular weight is 346 g/mol. The molecule has 0 bridgehead atoms. The molecule has 4 rings (SSSR count). The zero-order valence-electron chi connectivity index (χ0n) is 16.6. The van der Waals surface area contributed by atoms with Crippen molar-refractivity contribution in [3.63, 3.8) is 0 Å². The SMILES string of the molecule is C=CC1=CN2C(=CC1=C)c1cc(CC)c(CCC)cc1CC2C1(C)CC1. The van der Waals surface area contributed by atoms with Crippen molar-refractivity contribution in [3.05, 3.63) is 77.0 Å². The molecule has 1 atom stereocenters. The van der Waals surface area contributed by atoms with Gasteiger partial charge in [0.25, 0.3) is 0 Å². The topological polar surface area (TPSA) is 3.24 Å². The molecule has 1 saturated carbocycles. The average Bonchev–Trinajstić information content (AvgIpc) is 3.38. The second-order valence-electron chi connectivity index (χ2n) is 8.51. The fourth-order valence-corrected chi connectivity index (χ4v) is 4.68. The summed E-state index contributed by atoms with van der Waals surface area (Å²) in [7, 11) is 0. The van der Waals surface area contributed by atoms with E-state index in [0.29, 0.717) is 11.5 Å². The standard InChI is InChI=1S/C25H31N/c1-6-9-20-13-21-15-24(25(5)10-11-25)26-16-19(8-3)17(4)12-23(26)22(21)14-18(20)7-2/h8,12-14,16,24H,3-4,6-7,9-11,15H2,1-2,5H3. The number of benzene rings is 1. The van der Waals surface area contributed by atoms with Gasteiger partial charge in [0, 0.05) is 23.5 Å². The zero-order valence-corrected chi connectivity index (χ0v) is 16.6. The summed E-state index contributed by atoms with van der Waals surface area (Å²) in [6, 6.07) is 5.53. The van der Waals surface area contributed by atoms with E-state index in [9.17, 15) is 0 Å². The predicted molar refractivity (Wildman–Crippen MR) is 112 cm³/mol. The van der Waals surface area contributed by atoms with Crippen LogP contribution in [0.15, 0.2) is 54.8 Å². The minimum Gasteiger partial charge on any atom is -0.343 e. The monoisotopic (exact) mass is 345 g/mol. The van der Waals surface area contributed by atoms with E-state index in [1.54, 1.807) is 5.56 Å². The van der Waals surface area contributed by atoms with Crippen molar-refractivity contribution in [1.29, 1.82) is 0 Å². The third-order valence-electron chi connectivity index (χ3n) is 6.65. The first-order valence-corrected chi connectivity index (χ1v) is 10.2. The van der Waals surface area contributed by atoms with E-state index in [4.69, 9.17) is 0 Å². The third-order valence-corrected chi connectivity index (χ3v) is 6.65. The van der Waals surface area contributed by atoms with Gasteiger partial charge in [-0.3, -0.25) is 0 Å². The van der Waals surface area contributed by atoms with Crippen molar-refractivity contribution in [1.82, 2.24) is 4.90 Å². The van der Waals surface area contributed by atoms with Crippen molar-refractivity contribution in [2.75, 3.05) is 0 Å². The normalized spacial score (nSPS) is 23.0. The van der Waals surface area contributed by atoms with Crippen LogP contribution in [0.4, 0.5) is 0 Å². The molecule has 3 aliphatic rings. The molecule has 1 aromatic carbocycles. The Morgan fingerprint density at radius 3 is 2.62 bits per heavy atom. The molecule has 0 aromatic heterocycles. The fraction of sp³-hybridized carbons (Fsp3) is 0.440. The highest BCUT2D eigenvalue weighted by Crippen LogP contribution is 2.55. The van der Waals surface area contributed by atoms with Gasteiger partial charge in [-0.25, -0.2) is 0 Å². The first kappa shape index (κ1) is 17.4. The van der Waals surface area contributed by atoms with Crippen LogP contribution >= 0.6 is 0 Å². The van der Waals surface area contributed by atoms with E-state index in [1.165, 1.54) is 48.1 Å². The van der Waals surface area contributed by atoms with Gasteiger partial charge >= 0.3 is 0 Å². The highest BCUT2D eigenvalue weighted by molar-refractivity contribution is 5.77. The maximum absolute atomic E-state index is 4.28. The Kier molecular flexibility index (Phi) is 4.22. The van der Waals surface area contributed by atoms with Gasteiger partial charge in [-0.2, -0.15) is 0 Å². The Balaban J connectivity index is 1.87. The maximum atomic E-state index is 4.28. The van der Waals surface area contributed by atoms with Gasteiger partial charge in [0.05, 0.1) is 0 Å². The van der Waals surface area contributed by atoms with E-state index in [1.807, 2.05) is 6.08 Å². The van der Waals surface area contributed by atoms with Crippen LogP contribution in [-0.4, -0.2) is 10.9 Å². The summed E-state index contributed by atoms with van der Waals surface area (Å²) in [6.45, 7) is 15.3. The molecule has 0 radical (unpaired) electrons. The Morgan fingerprint density at radius 1 is 1.23 bits per heavy atom. The molecule has 0 amide bonds. The number of fused-ring (bicyclic) bond motifs is 3. The first-order valence-electron chi connectivity index (χ1n) is 10.2. The summed E-state index contributed by atoms with van der Waals surface area (Å²) in [5, 5.41) is 0. The van der Waals surface area contributed by atoms with Crippen LogP contribution in [0.2, 0.25) is 0 Å². The minimum atomic E-state index is 0.437. The van der Waals surface area contributed by atoms with Gasteiger partial charge in [-0.05, 0) is 77.5 Å². The molecule has 2 heterocycles. The Labute approximate surface area is 158 Å². The lowest BCUT2D eigenvalue weighted by molar-refractivity contribution is 0.252. The number of nitrogens with zero attached hydrogens (tertiary/aromatic N) is 1. The lowest BCUT2D eigenvalue weighted by Crippen LogP contribution is -2.42. The highest BCUT2D eigenvalue weighted by Gasteiger charge is 2.49. The summed E-state index contributed by atoms with van der Waals surface area (Å²) >= 11 is 0. The number of aryl methyl sites for hydroxylation is 2. The molecule has 0 N–H and O–H groups in total. The van der Waals surface area contributed by atoms with Crippen LogP contribution in [0, 0.1) is 5.41 Å². The van der Waals surface area contributed by atoms with Crippen molar-refractivity contribution in [3.8, 4) is 0 Å². The lowest BCUT2D eigenvalue weighted by atomic mass is 9.80. The molecule has 26 heavy (non-hydrogen) atoms.